The van der Waals surface area contributed by atoms with Crippen molar-refractivity contribution in [3.05, 3.63) is 0 Å². The third kappa shape index (κ3) is 0.944. The SMILES string of the molecule is C1C[C@H]2CNC3(CCC3)CN2C1. The van der Waals surface area contributed by atoms with Gasteiger partial charge in [0.05, 0.1) is 0 Å². The lowest BCUT2D eigenvalue weighted by atomic mass is 9.75. The topological polar surface area (TPSA) is 15.3 Å². The number of piperazine rings is 1. The van der Waals surface area contributed by atoms with Gasteiger partial charge in [0.15, 0.2) is 0 Å². The molecule has 1 aliphatic carbocycles. The Kier molecular flexibility index (Phi) is 1.50. The van der Waals surface area contributed by atoms with Crippen LogP contribution in [0.2, 0.25) is 0 Å². The first kappa shape index (κ1) is 7.34. The van der Waals surface area contributed by atoms with Crippen LogP contribution < -0.4 is 5.32 Å². The first-order valence-corrected chi connectivity index (χ1v) is 5.37. The van der Waals surface area contributed by atoms with Crippen LogP contribution in [0.3, 0.4) is 0 Å². The van der Waals surface area contributed by atoms with E-state index in [1.807, 2.05) is 0 Å². The molecule has 3 fully saturated rings. The highest BCUT2D eigenvalue weighted by atomic mass is 15.3. The van der Waals surface area contributed by atoms with E-state index in [0.717, 1.165) is 6.04 Å². The maximum absolute atomic E-state index is 3.76. The first-order chi connectivity index (χ1) is 5.88. The molecule has 0 aromatic heterocycles. The number of hydrogen-bond acceptors (Lipinski definition) is 2. The van der Waals surface area contributed by atoms with Gasteiger partial charge in [-0.1, -0.05) is 0 Å². The van der Waals surface area contributed by atoms with Gasteiger partial charge in [-0.05, 0) is 38.6 Å². The van der Waals surface area contributed by atoms with Gasteiger partial charge in [0.25, 0.3) is 0 Å². The lowest BCUT2D eigenvalue weighted by Crippen LogP contribution is -2.65. The zero-order chi connectivity index (χ0) is 8.02. The quantitative estimate of drug-likeness (QED) is 0.577. The molecule has 0 amide bonds. The monoisotopic (exact) mass is 166 g/mol. The molecular weight excluding hydrogens is 148 g/mol. The van der Waals surface area contributed by atoms with Gasteiger partial charge < -0.3 is 5.32 Å². The summed E-state index contributed by atoms with van der Waals surface area (Å²) in [6, 6.07) is 0.885. The van der Waals surface area contributed by atoms with Gasteiger partial charge in [-0.2, -0.15) is 0 Å². The van der Waals surface area contributed by atoms with E-state index in [1.54, 1.807) is 0 Å². The predicted molar refractivity (Wildman–Crippen MR) is 49.2 cm³/mol. The van der Waals surface area contributed by atoms with Crippen LogP contribution in [0.5, 0.6) is 0 Å². The highest BCUT2D eigenvalue weighted by Crippen LogP contribution is 2.37. The summed E-state index contributed by atoms with van der Waals surface area (Å²) in [5, 5.41) is 3.76. The fourth-order valence-electron chi connectivity index (χ4n) is 3.05. The molecule has 1 saturated carbocycles. The van der Waals surface area contributed by atoms with Gasteiger partial charge in [0.2, 0.25) is 0 Å². The Morgan fingerprint density at radius 2 is 2.17 bits per heavy atom. The molecule has 68 valence electrons. The smallest absolute Gasteiger partial charge is 0.0309 e. The Labute approximate surface area is 74.3 Å². The molecule has 3 aliphatic rings. The fraction of sp³-hybridized carbons (Fsp3) is 1.00. The summed E-state index contributed by atoms with van der Waals surface area (Å²) in [6.45, 7) is 3.98. The number of nitrogens with one attached hydrogen (secondary N) is 1. The lowest BCUT2D eigenvalue weighted by Gasteiger charge is -2.51. The molecule has 0 unspecified atom stereocenters. The second-order valence-corrected chi connectivity index (χ2v) is 4.78. The second-order valence-electron chi connectivity index (χ2n) is 4.78. The highest BCUT2D eigenvalue weighted by Gasteiger charge is 2.44. The molecule has 1 atom stereocenters. The number of fused-ring (bicyclic) bond motifs is 1. The Morgan fingerprint density at radius 3 is 2.92 bits per heavy atom. The van der Waals surface area contributed by atoms with Crippen molar-refractivity contribution in [3.63, 3.8) is 0 Å². The van der Waals surface area contributed by atoms with Crippen molar-refractivity contribution in [2.24, 2.45) is 0 Å². The lowest BCUT2D eigenvalue weighted by molar-refractivity contribution is 0.0552. The Balaban J connectivity index is 1.72. The van der Waals surface area contributed by atoms with Crippen molar-refractivity contribution in [1.82, 2.24) is 10.2 Å². The molecule has 2 heteroatoms. The van der Waals surface area contributed by atoms with E-state index in [-0.39, 0.29) is 0 Å². The molecule has 0 aromatic carbocycles. The minimum Gasteiger partial charge on any atom is -0.308 e. The van der Waals surface area contributed by atoms with Gasteiger partial charge in [-0.3, -0.25) is 4.90 Å². The summed E-state index contributed by atoms with van der Waals surface area (Å²) in [7, 11) is 0. The number of nitrogens with zero attached hydrogens (tertiary/aromatic N) is 1. The van der Waals surface area contributed by atoms with Crippen LogP contribution in [0.4, 0.5) is 0 Å². The zero-order valence-corrected chi connectivity index (χ0v) is 7.68. The van der Waals surface area contributed by atoms with Crippen LogP contribution in [0.15, 0.2) is 0 Å². The van der Waals surface area contributed by atoms with Gasteiger partial charge in [-0.25, -0.2) is 0 Å². The van der Waals surface area contributed by atoms with E-state index in [0.29, 0.717) is 5.54 Å². The molecular formula is C10H18N2. The Morgan fingerprint density at radius 1 is 1.25 bits per heavy atom. The van der Waals surface area contributed by atoms with E-state index in [9.17, 15) is 0 Å². The van der Waals surface area contributed by atoms with Crippen molar-refractivity contribution in [1.29, 1.82) is 0 Å². The van der Waals surface area contributed by atoms with Gasteiger partial charge in [0, 0.05) is 24.7 Å². The first-order valence-electron chi connectivity index (χ1n) is 5.37. The van der Waals surface area contributed by atoms with Crippen LogP contribution in [-0.2, 0) is 0 Å². The van der Waals surface area contributed by atoms with Crippen LogP contribution in [0.25, 0.3) is 0 Å². The van der Waals surface area contributed by atoms with Crippen LogP contribution in [0, 0.1) is 0 Å². The average molecular weight is 166 g/mol. The maximum atomic E-state index is 3.76. The molecule has 0 bridgehead atoms. The van der Waals surface area contributed by atoms with Crippen molar-refractivity contribution in [2.45, 2.75) is 43.7 Å². The molecule has 1 spiro atoms. The number of hydrogen-bond donors (Lipinski definition) is 1. The zero-order valence-electron chi connectivity index (χ0n) is 7.68. The third-order valence-electron chi connectivity index (χ3n) is 4.03. The van der Waals surface area contributed by atoms with Crippen LogP contribution in [0.1, 0.15) is 32.1 Å². The molecule has 2 nitrogen and oxygen atoms in total. The van der Waals surface area contributed by atoms with Crippen LogP contribution >= 0.6 is 0 Å². The van der Waals surface area contributed by atoms with Crippen molar-refractivity contribution in [3.8, 4) is 0 Å². The molecule has 2 heterocycles. The maximum Gasteiger partial charge on any atom is 0.0309 e. The van der Waals surface area contributed by atoms with Crippen LogP contribution in [-0.4, -0.2) is 36.1 Å². The molecule has 0 radical (unpaired) electrons. The van der Waals surface area contributed by atoms with E-state index >= 15 is 0 Å². The second kappa shape index (κ2) is 2.46. The minimum absolute atomic E-state index is 0.570. The summed E-state index contributed by atoms with van der Waals surface area (Å²) < 4.78 is 0. The van der Waals surface area contributed by atoms with Crippen molar-refractivity contribution < 1.29 is 0 Å². The predicted octanol–water partition coefficient (Wildman–Crippen LogP) is 0.977. The van der Waals surface area contributed by atoms with Gasteiger partial charge in [-0.15, -0.1) is 0 Å². The summed E-state index contributed by atoms with van der Waals surface area (Å²) in [5.41, 5.74) is 0.570. The van der Waals surface area contributed by atoms with Gasteiger partial charge >= 0.3 is 0 Å². The van der Waals surface area contributed by atoms with Gasteiger partial charge in [0.1, 0.15) is 0 Å². The summed E-state index contributed by atoms with van der Waals surface area (Å²) in [6.07, 6.45) is 7.17. The Hall–Kier alpha value is -0.0800. The third-order valence-corrected chi connectivity index (χ3v) is 4.03. The largest absolute Gasteiger partial charge is 0.308 e. The Bertz CT molecular complexity index is 186. The molecule has 12 heavy (non-hydrogen) atoms. The average Bonchev–Trinajstić information content (AvgIpc) is 2.46. The summed E-state index contributed by atoms with van der Waals surface area (Å²) in [4.78, 5) is 2.72. The van der Waals surface area contributed by atoms with E-state index in [1.165, 1.54) is 51.7 Å². The standard InChI is InChI=1S/C10H18N2/c1-3-9-7-11-10(4-2-5-10)8-12(9)6-1/h9,11H,1-8H2/t9-/m0/s1. The molecule has 3 rings (SSSR count). The van der Waals surface area contributed by atoms with Crippen molar-refractivity contribution >= 4 is 0 Å². The normalized spacial score (nSPS) is 39.5. The highest BCUT2D eigenvalue weighted by molar-refractivity contribution is 5.04. The van der Waals surface area contributed by atoms with Crippen molar-refractivity contribution in [2.75, 3.05) is 19.6 Å². The molecule has 0 aromatic rings. The summed E-state index contributed by atoms with van der Waals surface area (Å²) >= 11 is 0. The molecule has 1 N–H and O–H groups in total. The fourth-order valence-corrected chi connectivity index (χ4v) is 3.05. The van der Waals surface area contributed by atoms with E-state index < -0.39 is 0 Å². The number of rotatable bonds is 0. The summed E-state index contributed by atoms with van der Waals surface area (Å²) in [5.74, 6) is 0. The van der Waals surface area contributed by atoms with E-state index in [4.69, 9.17) is 0 Å². The minimum atomic E-state index is 0.570. The molecule has 2 saturated heterocycles. The molecule has 2 aliphatic heterocycles. The van der Waals surface area contributed by atoms with E-state index in [2.05, 4.69) is 10.2 Å².